The van der Waals surface area contributed by atoms with E-state index in [2.05, 4.69) is 4.98 Å². The van der Waals surface area contributed by atoms with Crippen LogP contribution < -0.4 is 0 Å². The molecule has 0 saturated heterocycles. The third-order valence-electron chi connectivity index (χ3n) is 2.20. The molecule has 0 aromatic carbocycles. The molecule has 3 nitrogen and oxygen atoms in total. The molecule has 1 rings (SSSR count). The summed E-state index contributed by atoms with van der Waals surface area (Å²) in [6, 6.07) is 5.53. The average Bonchev–Trinajstić information content (AvgIpc) is 2.27. The Morgan fingerprint density at radius 3 is 2.56 bits per heavy atom. The molecule has 1 aromatic heterocycles. The van der Waals surface area contributed by atoms with Crippen molar-refractivity contribution in [1.82, 2.24) is 4.98 Å². The Balaban J connectivity index is 2.63. The Kier molecular flexibility index (Phi) is 4.58. The van der Waals surface area contributed by atoms with Crippen LogP contribution in [-0.2, 0) is 9.59 Å². The summed E-state index contributed by atoms with van der Waals surface area (Å²) in [6.45, 7) is 3.24. The molecule has 84 valence electrons. The number of carbonyl (C=O) groups is 2. The van der Waals surface area contributed by atoms with Gasteiger partial charge in [-0.25, -0.2) is 0 Å². The Labute approximate surface area is 95.2 Å². The maximum Gasteiger partial charge on any atom is 0.159 e. The average molecular weight is 217 g/mol. The fourth-order valence-corrected chi connectivity index (χ4v) is 1.25. The van der Waals surface area contributed by atoms with E-state index in [1.165, 1.54) is 6.92 Å². The van der Waals surface area contributed by atoms with Crippen molar-refractivity contribution in [3.63, 3.8) is 0 Å². The lowest BCUT2D eigenvalue weighted by atomic mass is 10.1. The van der Waals surface area contributed by atoms with Crippen LogP contribution in [-0.4, -0.2) is 16.6 Å². The van der Waals surface area contributed by atoms with Crippen LogP contribution in [0.3, 0.4) is 0 Å². The van der Waals surface area contributed by atoms with E-state index in [0.29, 0.717) is 12.0 Å². The molecule has 0 N–H and O–H groups in total. The van der Waals surface area contributed by atoms with E-state index in [4.69, 9.17) is 0 Å². The van der Waals surface area contributed by atoms with Gasteiger partial charge in [0.15, 0.2) is 5.78 Å². The summed E-state index contributed by atoms with van der Waals surface area (Å²) in [5.41, 5.74) is 1.40. The summed E-state index contributed by atoms with van der Waals surface area (Å²) in [7, 11) is 0. The zero-order chi connectivity index (χ0) is 12.0. The van der Waals surface area contributed by atoms with Crippen molar-refractivity contribution in [2.24, 2.45) is 0 Å². The van der Waals surface area contributed by atoms with E-state index in [1.807, 2.05) is 18.2 Å². The molecule has 3 heteroatoms. The van der Waals surface area contributed by atoms with E-state index in [0.717, 1.165) is 5.69 Å². The van der Waals surface area contributed by atoms with Crippen molar-refractivity contribution in [2.45, 2.75) is 26.7 Å². The zero-order valence-corrected chi connectivity index (χ0v) is 9.56. The van der Waals surface area contributed by atoms with Gasteiger partial charge in [-0.1, -0.05) is 6.07 Å². The Bertz CT molecular complexity index is 407. The lowest BCUT2D eigenvalue weighted by molar-refractivity contribution is -0.121. The minimum Gasteiger partial charge on any atom is -0.300 e. The second-order valence-corrected chi connectivity index (χ2v) is 3.71. The fraction of sp³-hybridized carbons (Fsp3) is 0.308. The van der Waals surface area contributed by atoms with Gasteiger partial charge in [0, 0.05) is 19.0 Å². The number of allylic oxidation sites excluding steroid dienone is 1. The number of hydrogen-bond donors (Lipinski definition) is 0. The molecule has 0 saturated carbocycles. The number of ketones is 2. The van der Waals surface area contributed by atoms with E-state index < -0.39 is 0 Å². The highest BCUT2D eigenvalue weighted by atomic mass is 16.1. The van der Waals surface area contributed by atoms with Gasteiger partial charge in [-0.15, -0.1) is 0 Å². The zero-order valence-electron chi connectivity index (χ0n) is 9.56. The summed E-state index contributed by atoms with van der Waals surface area (Å²) in [5.74, 6) is 0.0415. The van der Waals surface area contributed by atoms with Crippen LogP contribution in [0.2, 0.25) is 0 Å². The van der Waals surface area contributed by atoms with Gasteiger partial charge in [0.05, 0.1) is 5.69 Å². The van der Waals surface area contributed by atoms with E-state index in [-0.39, 0.29) is 18.0 Å². The second kappa shape index (κ2) is 5.95. The van der Waals surface area contributed by atoms with Gasteiger partial charge in [0.25, 0.3) is 0 Å². The van der Waals surface area contributed by atoms with Gasteiger partial charge in [0.2, 0.25) is 0 Å². The van der Waals surface area contributed by atoms with Gasteiger partial charge < -0.3 is 4.79 Å². The van der Waals surface area contributed by atoms with Crippen LogP contribution in [0.1, 0.15) is 32.4 Å². The summed E-state index contributed by atoms with van der Waals surface area (Å²) in [5, 5.41) is 0. The third kappa shape index (κ3) is 4.17. The predicted octanol–water partition coefficient (Wildman–Crippen LogP) is 2.42. The van der Waals surface area contributed by atoms with Gasteiger partial charge in [0.1, 0.15) is 5.78 Å². The van der Waals surface area contributed by atoms with Crippen LogP contribution in [0.5, 0.6) is 0 Å². The highest BCUT2D eigenvalue weighted by Crippen LogP contribution is 2.07. The first-order valence-corrected chi connectivity index (χ1v) is 5.21. The van der Waals surface area contributed by atoms with Crippen LogP contribution in [0.15, 0.2) is 30.0 Å². The fourth-order valence-electron chi connectivity index (χ4n) is 1.25. The van der Waals surface area contributed by atoms with E-state index in [9.17, 15) is 9.59 Å². The first-order chi connectivity index (χ1) is 7.59. The molecule has 0 aliphatic rings. The van der Waals surface area contributed by atoms with Gasteiger partial charge >= 0.3 is 0 Å². The van der Waals surface area contributed by atoms with Gasteiger partial charge in [-0.05, 0) is 37.6 Å². The summed E-state index contributed by atoms with van der Waals surface area (Å²) in [6.07, 6.45) is 4.01. The minimum atomic E-state index is 0.000790. The summed E-state index contributed by atoms with van der Waals surface area (Å²) >= 11 is 0. The standard InChI is InChI=1S/C13H15NO2/c1-10(13(16)7-6-11(2)15)9-12-5-3-4-8-14-12/h3-5,8-9H,6-7H2,1-2H3/b10-9+. The lowest BCUT2D eigenvalue weighted by Crippen LogP contribution is -2.02. The molecule has 0 aliphatic heterocycles. The van der Waals surface area contributed by atoms with Crippen LogP contribution in [0.25, 0.3) is 6.08 Å². The van der Waals surface area contributed by atoms with Crippen molar-refractivity contribution < 1.29 is 9.59 Å². The molecule has 0 aliphatic carbocycles. The van der Waals surface area contributed by atoms with Crippen LogP contribution in [0.4, 0.5) is 0 Å². The molecular formula is C13H15NO2. The SMILES string of the molecule is CC(=O)CCC(=O)/C(C)=C/c1ccccn1. The number of hydrogen-bond acceptors (Lipinski definition) is 3. The van der Waals surface area contributed by atoms with E-state index in [1.54, 1.807) is 19.2 Å². The molecular weight excluding hydrogens is 202 g/mol. The maximum atomic E-state index is 11.6. The number of carbonyl (C=O) groups excluding carboxylic acids is 2. The molecule has 0 radical (unpaired) electrons. The predicted molar refractivity (Wildman–Crippen MR) is 62.8 cm³/mol. The quantitative estimate of drug-likeness (QED) is 0.711. The molecule has 1 heterocycles. The lowest BCUT2D eigenvalue weighted by Gasteiger charge is -1.99. The normalized spacial score (nSPS) is 11.2. The monoisotopic (exact) mass is 217 g/mol. The van der Waals surface area contributed by atoms with Crippen molar-refractivity contribution in [2.75, 3.05) is 0 Å². The second-order valence-electron chi connectivity index (χ2n) is 3.71. The first kappa shape index (κ1) is 12.3. The van der Waals surface area contributed by atoms with Crippen LogP contribution in [0, 0.1) is 0 Å². The van der Waals surface area contributed by atoms with Crippen LogP contribution >= 0.6 is 0 Å². The number of aromatic nitrogens is 1. The highest BCUT2D eigenvalue weighted by molar-refractivity contribution is 6.00. The molecule has 0 amide bonds. The third-order valence-corrected chi connectivity index (χ3v) is 2.20. The molecule has 0 unspecified atom stereocenters. The molecule has 0 bridgehead atoms. The highest BCUT2D eigenvalue weighted by Gasteiger charge is 2.06. The smallest absolute Gasteiger partial charge is 0.159 e. The minimum absolute atomic E-state index is 0.000790. The number of rotatable bonds is 5. The Morgan fingerprint density at radius 1 is 1.25 bits per heavy atom. The number of nitrogens with zero attached hydrogens (tertiary/aromatic N) is 1. The number of Topliss-reactive ketones (excluding diaryl/α,β-unsaturated/α-hetero) is 2. The maximum absolute atomic E-state index is 11.6. The Morgan fingerprint density at radius 2 is 2.00 bits per heavy atom. The molecule has 16 heavy (non-hydrogen) atoms. The molecule has 0 spiro atoms. The summed E-state index contributed by atoms with van der Waals surface area (Å²) in [4.78, 5) is 26.4. The van der Waals surface area contributed by atoms with Crippen molar-refractivity contribution in [3.05, 3.63) is 35.7 Å². The topological polar surface area (TPSA) is 47.0 Å². The molecule has 0 atom stereocenters. The van der Waals surface area contributed by atoms with Gasteiger partial charge in [-0.3, -0.25) is 9.78 Å². The molecule has 1 aromatic rings. The van der Waals surface area contributed by atoms with E-state index >= 15 is 0 Å². The van der Waals surface area contributed by atoms with Crippen molar-refractivity contribution in [1.29, 1.82) is 0 Å². The molecule has 0 fully saturated rings. The largest absolute Gasteiger partial charge is 0.300 e. The number of pyridine rings is 1. The van der Waals surface area contributed by atoms with Gasteiger partial charge in [-0.2, -0.15) is 0 Å². The first-order valence-electron chi connectivity index (χ1n) is 5.21. The van der Waals surface area contributed by atoms with Crippen molar-refractivity contribution in [3.8, 4) is 0 Å². The Hall–Kier alpha value is -1.77. The summed E-state index contributed by atoms with van der Waals surface area (Å²) < 4.78 is 0. The van der Waals surface area contributed by atoms with Crippen molar-refractivity contribution >= 4 is 17.6 Å².